The minimum Gasteiger partial charge on any atom is -0.388 e. The molecule has 1 aromatic rings. The van der Waals surface area contributed by atoms with Crippen LogP contribution in [-0.4, -0.2) is 15.8 Å². The Hall–Kier alpha value is -0.590. The van der Waals surface area contributed by atoms with Crippen LogP contribution in [0.25, 0.3) is 0 Å². The SMILES string of the molecule is C[C@H](O)c1cc([N+](=O)[O-])c(SCC2CCCC2)s1. The Morgan fingerprint density at radius 2 is 2.28 bits per heavy atom. The molecule has 1 fully saturated rings. The van der Waals surface area contributed by atoms with Crippen molar-refractivity contribution in [3.8, 4) is 0 Å². The Balaban J connectivity index is 2.07. The van der Waals surface area contributed by atoms with Gasteiger partial charge in [0.25, 0.3) is 5.69 Å². The first-order chi connectivity index (χ1) is 8.58. The highest BCUT2D eigenvalue weighted by atomic mass is 32.2. The van der Waals surface area contributed by atoms with Crippen LogP contribution in [0.1, 0.15) is 43.6 Å². The molecule has 1 saturated carbocycles. The summed E-state index contributed by atoms with van der Waals surface area (Å²) < 4.78 is 0.739. The Morgan fingerprint density at radius 3 is 2.83 bits per heavy atom. The highest BCUT2D eigenvalue weighted by molar-refractivity contribution is 8.01. The zero-order valence-corrected chi connectivity index (χ0v) is 11.9. The van der Waals surface area contributed by atoms with E-state index in [1.54, 1.807) is 18.7 Å². The fourth-order valence-electron chi connectivity index (χ4n) is 2.19. The summed E-state index contributed by atoms with van der Waals surface area (Å²) in [6, 6.07) is 1.51. The van der Waals surface area contributed by atoms with Gasteiger partial charge in [0, 0.05) is 16.7 Å². The van der Waals surface area contributed by atoms with Crippen molar-refractivity contribution < 1.29 is 10.0 Å². The highest BCUT2D eigenvalue weighted by Crippen LogP contribution is 2.41. The Bertz CT molecular complexity index is 425. The smallest absolute Gasteiger partial charge is 0.294 e. The first kappa shape index (κ1) is 13.8. The number of nitrogens with zero attached hydrogens (tertiary/aromatic N) is 1. The normalized spacial score (nSPS) is 18.1. The van der Waals surface area contributed by atoms with Gasteiger partial charge < -0.3 is 5.11 Å². The van der Waals surface area contributed by atoms with Crippen molar-refractivity contribution in [1.29, 1.82) is 0 Å². The van der Waals surface area contributed by atoms with E-state index < -0.39 is 6.10 Å². The van der Waals surface area contributed by atoms with E-state index in [1.165, 1.54) is 43.1 Å². The van der Waals surface area contributed by atoms with Crippen LogP contribution >= 0.6 is 23.1 Å². The highest BCUT2D eigenvalue weighted by Gasteiger charge is 2.23. The van der Waals surface area contributed by atoms with E-state index in [4.69, 9.17) is 0 Å². The second-order valence-electron chi connectivity index (χ2n) is 4.72. The van der Waals surface area contributed by atoms with E-state index in [1.807, 2.05) is 0 Å². The van der Waals surface area contributed by atoms with Crippen LogP contribution in [0, 0.1) is 16.0 Å². The van der Waals surface area contributed by atoms with Crippen LogP contribution in [-0.2, 0) is 0 Å². The van der Waals surface area contributed by atoms with Crippen LogP contribution < -0.4 is 0 Å². The first-order valence-electron chi connectivity index (χ1n) is 6.17. The van der Waals surface area contributed by atoms with Gasteiger partial charge in [0.2, 0.25) is 0 Å². The number of hydrogen-bond acceptors (Lipinski definition) is 5. The van der Waals surface area contributed by atoms with Gasteiger partial charge in [0.05, 0.1) is 11.0 Å². The summed E-state index contributed by atoms with van der Waals surface area (Å²) in [4.78, 5) is 11.3. The number of thioether (sulfide) groups is 1. The Morgan fingerprint density at radius 1 is 1.61 bits per heavy atom. The minimum absolute atomic E-state index is 0.152. The van der Waals surface area contributed by atoms with E-state index in [9.17, 15) is 15.2 Å². The summed E-state index contributed by atoms with van der Waals surface area (Å²) in [6.45, 7) is 1.64. The average molecular weight is 287 g/mol. The molecule has 18 heavy (non-hydrogen) atoms. The second-order valence-corrected chi connectivity index (χ2v) is 7.09. The van der Waals surface area contributed by atoms with Crippen LogP contribution in [0.15, 0.2) is 10.3 Å². The molecule has 0 unspecified atom stereocenters. The minimum atomic E-state index is -0.630. The molecule has 1 atom stereocenters. The van der Waals surface area contributed by atoms with Crippen molar-refractivity contribution in [2.75, 3.05) is 5.75 Å². The molecule has 0 aromatic carbocycles. The molecule has 1 aromatic heterocycles. The molecule has 1 heterocycles. The molecule has 0 bridgehead atoms. The molecule has 1 aliphatic rings. The van der Waals surface area contributed by atoms with Crippen LogP contribution in [0.2, 0.25) is 0 Å². The third-order valence-corrected chi connectivity index (χ3v) is 6.03. The molecular weight excluding hydrogens is 270 g/mol. The van der Waals surface area contributed by atoms with Crippen molar-refractivity contribution in [2.45, 2.75) is 42.9 Å². The number of thiophene rings is 1. The molecule has 6 heteroatoms. The lowest BCUT2D eigenvalue weighted by atomic mass is 10.1. The van der Waals surface area contributed by atoms with Gasteiger partial charge in [-0.15, -0.1) is 23.1 Å². The fourth-order valence-corrected chi connectivity index (χ4v) is 4.71. The van der Waals surface area contributed by atoms with Gasteiger partial charge in [0.1, 0.15) is 4.21 Å². The van der Waals surface area contributed by atoms with E-state index in [0.717, 1.165) is 9.96 Å². The van der Waals surface area contributed by atoms with Crippen LogP contribution in [0.3, 0.4) is 0 Å². The maximum atomic E-state index is 11.0. The average Bonchev–Trinajstić information content (AvgIpc) is 2.95. The number of nitro groups is 1. The summed E-state index contributed by atoms with van der Waals surface area (Å²) in [6.07, 6.45) is 4.44. The molecule has 0 saturated heterocycles. The maximum Gasteiger partial charge on any atom is 0.294 e. The molecule has 2 rings (SSSR count). The molecule has 4 nitrogen and oxygen atoms in total. The molecule has 1 N–H and O–H groups in total. The third kappa shape index (κ3) is 3.24. The van der Waals surface area contributed by atoms with Gasteiger partial charge >= 0.3 is 0 Å². The molecule has 0 radical (unpaired) electrons. The van der Waals surface area contributed by atoms with Crippen LogP contribution in [0.4, 0.5) is 5.69 Å². The lowest BCUT2D eigenvalue weighted by molar-refractivity contribution is -0.387. The predicted octanol–water partition coefficient (Wildman–Crippen LogP) is 3.99. The zero-order valence-electron chi connectivity index (χ0n) is 10.3. The van der Waals surface area contributed by atoms with Gasteiger partial charge in [-0.25, -0.2) is 0 Å². The maximum absolute atomic E-state index is 11.0. The van der Waals surface area contributed by atoms with Gasteiger partial charge in [0.15, 0.2) is 0 Å². The third-order valence-electron chi connectivity index (χ3n) is 3.23. The van der Waals surface area contributed by atoms with E-state index in [-0.39, 0.29) is 10.6 Å². The summed E-state index contributed by atoms with van der Waals surface area (Å²) in [5, 5.41) is 20.5. The number of aliphatic hydroxyl groups excluding tert-OH is 1. The zero-order chi connectivity index (χ0) is 13.1. The standard InChI is InChI=1S/C12H17NO3S2/c1-8(14)11-6-10(13(15)16)12(18-11)17-7-9-4-2-3-5-9/h6,8-9,14H,2-5,7H2,1H3/t8-/m0/s1. The molecule has 0 aliphatic heterocycles. The van der Waals surface area contributed by atoms with Gasteiger partial charge in [-0.05, 0) is 25.7 Å². The Labute approximate surface area is 115 Å². The van der Waals surface area contributed by atoms with Crippen molar-refractivity contribution >= 4 is 28.8 Å². The summed E-state index contributed by atoms with van der Waals surface area (Å²) in [7, 11) is 0. The molecular formula is C12H17NO3S2. The lowest BCUT2D eigenvalue weighted by Gasteiger charge is -2.06. The lowest BCUT2D eigenvalue weighted by Crippen LogP contribution is -1.96. The monoisotopic (exact) mass is 287 g/mol. The second kappa shape index (κ2) is 6.04. The van der Waals surface area contributed by atoms with Crippen molar-refractivity contribution in [1.82, 2.24) is 0 Å². The van der Waals surface area contributed by atoms with E-state index in [2.05, 4.69) is 0 Å². The van der Waals surface area contributed by atoms with Crippen LogP contribution in [0.5, 0.6) is 0 Å². The van der Waals surface area contributed by atoms with E-state index >= 15 is 0 Å². The fraction of sp³-hybridized carbons (Fsp3) is 0.667. The summed E-state index contributed by atoms with van der Waals surface area (Å²) >= 11 is 2.93. The van der Waals surface area contributed by atoms with Crippen molar-refractivity contribution in [3.63, 3.8) is 0 Å². The largest absolute Gasteiger partial charge is 0.388 e. The topological polar surface area (TPSA) is 63.4 Å². The van der Waals surface area contributed by atoms with E-state index in [0.29, 0.717) is 10.8 Å². The summed E-state index contributed by atoms with van der Waals surface area (Å²) in [5.74, 6) is 1.66. The molecule has 0 amide bonds. The molecule has 0 spiro atoms. The quantitative estimate of drug-likeness (QED) is 0.505. The van der Waals surface area contributed by atoms with Crippen molar-refractivity contribution in [3.05, 3.63) is 21.1 Å². The number of aliphatic hydroxyl groups is 1. The van der Waals surface area contributed by atoms with Gasteiger partial charge in [-0.3, -0.25) is 10.1 Å². The van der Waals surface area contributed by atoms with Crippen molar-refractivity contribution in [2.24, 2.45) is 5.92 Å². The number of rotatable bonds is 5. The number of hydrogen-bond donors (Lipinski definition) is 1. The molecule has 1 aliphatic carbocycles. The van der Waals surface area contributed by atoms with Gasteiger partial charge in [-0.2, -0.15) is 0 Å². The molecule has 100 valence electrons. The predicted molar refractivity (Wildman–Crippen MR) is 74.3 cm³/mol. The first-order valence-corrected chi connectivity index (χ1v) is 7.97. The Kier molecular flexibility index (Phi) is 4.64. The summed E-state index contributed by atoms with van der Waals surface area (Å²) in [5.41, 5.74) is 0.152. The van der Waals surface area contributed by atoms with Gasteiger partial charge in [-0.1, -0.05) is 12.8 Å².